The first-order chi connectivity index (χ1) is 4.84. The molecule has 0 aromatic heterocycles. The SMILES string of the molecule is [CH2]NC(N)c1ccccc1. The van der Waals surface area contributed by atoms with Crippen LogP contribution >= 0.6 is 0 Å². The molecule has 1 unspecified atom stereocenters. The molecule has 0 bridgehead atoms. The fourth-order valence-electron chi connectivity index (χ4n) is 0.778. The highest BCUT2D eigenvalue weighted by Crippen LogP contribution is 2.04. The Labute approximate surface area is 61.1 Å². The molecule has 0 aliphatic carbocycles. The van der Waals surface area contributed by atoms with Crippen LogP contribution in [0.3, 0.4) is 0 Å². The first-order valence-corrected chi connectivity index (χ1v) is 3.17. The Kier molecular flexibility index (Phi) is 2.42. The van der Waals surface area contributed by atoms with E-state index in [0.29, 0.717) is 0 Å². The average molecular weight is 135 g/mol. The summed E-state index contributed by atoms with van der Waals surface area (Å²) in [5, 5.41) is 2.71. The Hall–Kier alpha value is -0.860. The second kappa shape index (κ2) is 3.34. The highest BCUT2D eigenvalue weighted by molar-refractivity contribution is 5.17. The molecule has 0 saturated heterocycles. The van der Waals surface area contributed by atoms with Gasteiger partial charge in [0.1, 0.15) is 0 Å². The monoisotopic (exact) mass is 135 g/mol. The van der Waals surface area contributed by atoms with E-state index >= 15 is 0 Å². The Morgan fingerprint density at radius 2 is 1.90 bits per heavy atom. The summed E-state index contributed by atoms with van der Waals surface area (Å²) in [6, 6.07) is 9.78. The number of nitrogens with one attached hydrogen (secondary N) is 1. The zero-order valence-electron chi connectivity index (χ0n) is 5.75. The first-order valence-electron chi connectivity index (χ1n) is 3.17. The molecule has 1 aromatic rings. The van der Waals surface area contributed by atoms with E-state index in [1.807, 2.05) is 30.3 Å². The van der Waals surface area contributed by atoms with Crippen LogP contribution in [0.1, 0.15) is 11.7 Å². The van der Waals surface area contributed by atoms with Crippen molar-refractivity contribution in [3.05, 3.63) is 42.9 Å². The zero-order valence-corrected chi connectivity index (χ0v) is 5.75. The molecule has 3 N–H and O–H groups in total. The molecule has 0 amide bonds. The lowest BCUT2D eigenvalue weighted by Gasteiger charge is -2.08. The van der Waals surface area contributed by atoms with Crippen LogP contribution in [0, 0.1) is 7.05 Å². The Morgan fingerprint density at radius 3 is 2.40 bits per heavy atom. The highest BCUT2D eigenvalue weighted by atomic mass is 15.0. The fourth-order valence-corrected chi connectivity index (χ4v) is 0.778. The number of rotatable bonds is 2. The molecular weight excluding hydrogens is 124 g/mol. The molecule has 0 aliphatic heterocycles. The van der Waals surface area contributed by atoms with Crippen molar-refractivity contribution in [3.63, 3.8) is 0 Å². The molecule has 53 valence electrons. The molecule has 0 aliphatic rings. The van der Waals surface area contributed by atoms with Crippen LogP contribution in [0.5, 0.6) is 0 Å². The van der Waals surface area contributed by atoms with Crippen LogP contribution in [0.15, 0.2) is 30.3 Å². The van der Waals surface area contributed by atoms with Gasteiger partial charge in [-0.1, -0.05) is 30.3 Å². The van der Waals surface area contributed by atoms with Gasteiger partial charge in [0, 0.05) is 7.05 Å². The molecule has 1 radical (unpaired) electrons. The van der Waals surface area contributed by atoms with Crippen molar-refractivity contribution in [1.82, 2.24) is 5.32 Å². The normalized spacial score (nSPS) is 13.0. The van der Waals surface area contributed by atoms with Crippen molar-refractivity contribution in [3.8, 4) is 0 Å². The summed E-state index contributed by atoms with van der Waals surface area (Å²) in [5.41, 5.74) is 6.67. The standard InChI is InChI=1S/C8H11N2/c1-10-8(9)7-5-3-2-4-6-7/h2-6,8,10H,1,9H2. The second-order valence-electron chi connectivity index (χ2n) is 2.09. The maximum absolute atomic E-state index is 5.62. The molecule has 0 spiro atoms. The third kappa shape index (κ3) is 1.56. The van der Waals surface area contributed by atoms with E-state index in [0.717, 1.165) is 5.56 Å². The highest BCUT2D eigenvalue weighted by Gasteiger charge is 1.98. The van der Waals surface area contributed by atoms with Gasteiger partial charge in [0.25, 0.3) is 0 Å². The lowest BCUT2D eigenvalue weighted by molar-refractivity contribution is 0.650. The molecule has 2 nitrogen and oxygen atoms in total. The summed E-state index contributed by atoms with van der Waals surface area (Å²) in [5.74, 6) is 0. The summed E-state index contributed by atoms with van der Waals surface area (Å²) in [4.78, 5) is 0. The third-order valence-corrected chi connectivity index (χ3v) is 1.38. The summed E-state index contributed by atoms with van der Waals surface area (Å²) in [6.07, 6.45) is -0.152. The predicted molar refractivity (Wildman–Crippen MR) is 41.9 cm³/mol. The van der Waals surface area contributed by atoms with E-state index < -0.39 is 0 Å². The van der Waals surface area contributed by atoms with Crippen LogP contribution in [0.25, 0.3) is 0 Å². The third-order valence-electron chi connectivity index (χ3n) is 1.38. The molecule has 0 fully saturated rings. The zero-order chi connectivity index (χ0) is 7.40. The molecule has 2 heteroatoms. The van der Waals surface area contributed by atoms with Crippen LogP contribution in [-0.2, 0) is 0 Å². The molecule has 10 heavy (non-hydrogen) atoms. The molecule has 0 heterocycles. The minimum Gasteiger partial charge on any atom is -0.312 e. The largest absolute Gasteiger partial charge is 0.312 e. The van der Waals surface area contributed by atoms with Gasteiger partial charge in [0.2, 0.25) is 0 Å². The number of benzene rings is 1. The van der Waals surface area contributed by atoms with Gasteiger partial charge in [0.15, 0.2) is 0 Å². The molecule has 1 atom stereocenters. The van der Waals surface area contributed by atoms with Gasteiger partial charge in [-0.05, 0) is 5.56 Å². The van der Waals surface area contributed by atoms with Crippen molar-refractivity contribution in [2.24, 2.45) is 5.73 Å². The van der Waals surface area contributed by atoms with E-state index in [2.05, 4.69) is 12.4 Å². The van der Waals surface area contributed by atoms with Crippen molar-refractivity contribution >= 4 is 0 Å². The van der Waals surface area contributed by atoms with Crippen LogP contribution in [0.4, 0.5) is 0 Å². The van der Waals surface area contributed by atoms with Gasteiger partial charge >= 0.3 is 0 Å². The van der Waals surface area contributed by atoms with E-state index in [4.69, 9.17) is 5.73 Å². The van der Waals surface area contributed by atoms with E-state index in [1.165, 1.54) is 0 Å². The smallest absolute Gasteiger partial charge is 0.0810 e. The minimum absolute atomic E-state index is 0.152. The average Bonchev–Trinajstić information content (AvgIpc) is 2.05. The van der Waals surface area contributed by atoms with Crippen LogP contribution < -0.4 is 11.1 Å². The van der Waals surface area contributed by atoms with Gasteiger partial charge in [-0.15, -0.1) is 0 Å². The van der Waals surface area contributed by atoms with Gasteiger partial charge in [-0.3, -0.25) is 5.32 Å². The van der Waals surface area contributed by atoms with E-state index in [-0.39, 0.29) is 6.17 Å². The van der Waals surface area contributed by atoms with Gasteiger partial charge in [-0.2, -0.15) is 0 Å². The van der Waals surface area contributed by atoms with Gasteiger partial charge in [-0.25, -0.2) is 0 Å². The molecular formula is C8H11N2. The van der Waals surface area contributed by atoms with Crippen LogP contribution in [0.2, 0.25) is 0 Å². The lowest BCUT2D eigenvalue weighted by Crippen LogP contribution is -2.22. The summed E-state index contributed by atoms with van der Waals surface area (Å²) >= 11 is 0. The van der Waals surface area contributed by atoms with Crippen molar-refractivity contribution in [2.75, 3.05) is 0 Å². The maximum Gasteiger partial charge on any atom is 0.0810 e. The number of nitrogens with two attached hydrogens (primary N) is 1. The predicted octanol–water partition coefficient (Wildman–Crippen LogP) is 1.03. The first kappa shape index (κ1) is 7.25. The van der Waals surface area contributed by atoms with Crippen molar-refractivity contribution < 1.29 is 0 Å². The summed E-state index contributed by atoms with van der Waals surface area (Å²) in [7, 11) is 3.49. The molecule has 1 aromatic carbocycles. The summed E-state index contributed by atoms with van der Waals surface area (Å²) < 4.78 is 0. The quantitative estimate of drug-likeness (QED) is 0.594. The number of hydrogen-bond donors (Lipinski definition) is 2. The Balaban J connectivity index is 2.75. The molecule has 1 rings (SSSR count). The summed E-state index contributed by atoms with van der Waals surface area (Å²) in [6.45, 7) is 0. The topological polar surface area (TPSA) is 38.0 Å². The maximum atomic E-state index is 5.62. The Bertz CT molecular complexity index is 184. The number of hydrogen-bond acceptors (Lipinski definition) is 2. The van der Waals surface area contributed by atoms with Gasteiger partial charge < -0.3 is 5.73 Å². The van der Waals surface area contributed by atoms with E-state index in [1.54, 1.807) is 0 Å². The van der Waals surface area contributed by atoms with Crippen LogP contribution in [-0.4, -0.2) is 0 Å². The van der Waals surface area contributed by atoms with Crippen molar-refractivity contribution in [2.45, 2.75) is 6.17 Å². The lowest BCUT2D eigenvalue weighted by atomic mass is 10.2. The Morgan fingerprint density at radius 1 is 1.30 bits per heavy atom. The molecule has 0 saturated carbocycles. The van der Waals surface area contributed by atoms with E-state index in [9.17, 15) is 0 Å². The second-order valence-corrected chi connectivity index (χ2v) is 2.09. The minimum atomic E-state index is -0.152. The van der Waals surface area contributed by atoms with Crippen molar-refractivity contribution in [1.29, 1.82) is 0 Å². The fraction of sp³-hybridized carbons (Fsp3) is 0.125. The van der Waals surface area contributed by atoms with Gasteiger partial charge in [0.05, 0.1) is 6.17 Å².